The van der Waals surface area contributed by atoms with Crippen molar-refractivity contribution < 1.29 is 14.0 Å². The van der Waals surface area contributed by atoms with Crippen LogP contribution in [0.4, 0.5) is 4.39 Å². The smallest absolute Gasteiger partial charge is 0.240 e. The zero-order valence-corrected chi connectivity index (χ0v) is 14.9. The van der Waals surface area contributed by atoms with E-state index < -0.39 is 12.2 Å². The summed E-state index contributed by atoms with van der Waals surface area (Å²) in [6.45, 7) is 2.05. The molecule has 0 aliphatic carbocycles. The monoisotopic (exact) mass is 360 g/mol. The number of aromatic nitrogens is 1. The van der Waals surface area contributed by atoms with Crippen LogP contribution in [0.15, 0.2) is 30.5 Å². The van der Waals surface area contributed by atoms with E-state index in [0.717, 1.165) is 16.5 Å². The highest BCUT2D eigenvalue weighted by atomic mass is 19.1. The average molecular weight is 360 g/mol. The maximum Gasteiger partial charge on any atom is 0.240 e. The van der Waals surface area contributed by atoms with E-state index in [-0.39, 0.29) is 37.4 Å². The number of para-hydroxylation sites is 1. The molecular formula is C19H25FN4O2. The highest BCUT2D eigenvalue weighted by molar-refractivity contribution is 5.86. The summed E-state index contributed by atoms with van der Waals surface area (Å²) >= 11 is 0. The van der Waals surface area contributed by atoms with Crippen LogP contribution < -0.4 is 11.1 Å². The van der Waals surface area contributed by atoms with Crippen LogP contribution in [0.25, 0.3) is 10.9 Å². The second-order valence-electron chi connectivity index (χ2n) is 6.81. The van der Waals surface area contributed by atoms with Gasteiger partial charge < -0.3 is 20.9 Å². The average Bonchev–Trinajstić information content (AvgIpc) is 3.22. The maximum absolute atomic E-state index is 13.9. The van der Waals surface area contributed by atoms with Gasteiger partial charge in [0.15, 0.2) is 0 Å². The molecule has 0 spiro atoms. The summed E-state index contributed by atoms with van der Waals surface area (Å²) in [5.74, 6) is -0.381. The van der Waals surface area contributed by atoms with Crippen molar-refractivity contribution in [2.24, 2.45) is 5.73 Å². The molecule has 1 saturated heterocycles. The van der Waals surface area contributed by atoms with Crippen LogP contribution in [0.2, 0.25) is 0 Å². The number of rotatable bonds is 6. The summed E-state index contributed by atoms with van der Waals surface area (Å²) in [6, 6.07) is 6.73. The molecule has 140 valence electrons. The van der Waals surface area contributed by atoms with Gasteiger partial charge in [0.05, 0.1) is 18.6 Å². The summed E-state index contributed by atoms with van der Waals surface area (Å²) in [6.07, 6.45) is 1.75. The van der Waals surface area contributed by atoms with E-state index in [9.17, 15) is 14.0 Å². The molecule has 2 heterocycles. The molecule has 0 saturated carbocycles. The van der Waals surface area contributed by atoms with Gasteiger partial charge in [-0.2, -0.15) is 0 Å². The minimum absolute atomic E-state index is 0.0348. The Morgan fingerprint density at radius 3 is 2.96 bits per heavy atom. The molecule has 2 aromatic rings. The Labute approximate surface area is 151 Å². The van der Waals surface area contributed by atoms with E-state index in [1.807, 2.05) is 30.5 Å². The van der Waals surface area contributed by atoms with Crippen molar-refractivity contribution in [1.82, 2.24) is 15.2 Å². The number of amides is 2. The molecule has 1 aromatic heterocycles. The van der Waals surface area contributed by atoms with Crippen molar-refractivity contribution in [2.45, 2.75) is 44.4 Å². The van der Waals surface area contributed by atoms with Crippen LogP contribution in [0, 0.1) is 0 Å². The van der Waals surface area contributed by atoms with Gasteiger partial charge in [-0.05, 0) is 18.1 Å². The molecule has 1 fully saturated rings. The van der Waals surface area contributed by atoms with E-state index in [4.69, 9.17) is 5.73 Å². The number of fused-ring (bicyclic) bond motifs is 1. The quantitative estimate of drug-likeness (QED) is 0.729. The van der Waals surface area contributed by atoms with E-state index in [0.29, 0.717) is 12.8 Å². The number of alkyl halides is 1. The molecule has 2 amide bonds. The molecule has 1 aliphatic rings. The lowest BCUT2D eigenvalue weighted by Gasteiger charge is -2.27. The summed E-state index contributed by atoms with van der Waals surface area (Å²) in [5, 5.41) is 3.78. The molecule has 0 bridgehead atoms. The topological polar surface area (TPSA) is 91.2 Å². The molecule has 0 radical (unpaired) electrons. The van der Waals surface area contributed by atoms with Gasteiger partial charge in [0.25, 0.3) is 0 Å². The summed E-state index contributed by atoms with van der Waals surface area (Å²) in [5.41, 5.74) is 8.11. The molecule has 0 unspecified atom stereocenters. The molecule has 3 atom stereocenters. The number of aromatic amines is 1. The number of carbonyl (C=O) groups is 2. The highest BCUT2D eigenvalue weighted by Gasteiger charge is 2.37. The largest absolute Gasteiger partial charge is 0.361 e. The summed E-state index contributed by atoms with van der Waals surface area (Å²) in [7, 11) is 0. The minimum Gasteiger partial charge on any atom is -0.361 e. The molecule has 3 rings (SSSR count). The van der Waals surface area contributed by atoms with Gasteiger partial charge in [-0.3, -0.25) is 9.59 Å². The molecule has 6 nitrogen and oxygen atoms in total. The van der Waals surface area contributed by atoms with Gasteiger partial charge >= 0.3 is 0 Å². The lowest BCUT2D eigenvalue weighted by Crippen LogP contribution is -2.50. The summed E-state index contributed by atoms with van der Waals surface area (Å²) < 4.78 is 13.9. The van der Waals surface area contributed by atoms with Crippen molar-refractivity contribution in [3.63, 3.8) is 0 Å². The molecule has 7 heteroatoms. The zero-order valence-electron chi connectivity index (χ0n) is 14.9. The predicted molar refractivity (Wildman–Crippen MR) is 98.3 cm³/mol. The van der Waals surface area contributed by atoms with Crippen LogP contribution in [0.3, 0.4) is 0 Å². The van der Waals surface area contributed by atoms with Crippen LogP contribution in [-0.2, 0) is 16.0 Å². The number of nitrogens with zero attached hydrogens (tertiary/aromatic N) is 1. The van der Waals surface area contributed by atoms with Gasteiger partial charge in [-0.1, -0.05) is 25.1 Å². The Kier molecular flexibility index (Phi) is 5.56. The first-order valence-electron chi connectivity index (χ1n) is 9.01. The zero-order chi connectivity index (χ0) is 18.7. The number of H-pyrrole nitrogens is 1. The van der Waals surface area contributed by atoms with Crippen molar-refractivity contribution in [3.05, 3.63) is 36.0 Å². The maximum atomic E-state index is 13.9. The Balaban J connectivity index is 1.67. The predicted octanol–water partition coefficient (Wildman–Crippen LogP) is 1.50. The number of likely N-dealkylation sites (tertiary alicyclic amines) is 1. The molecule has 26 heavy (non-hydrogen) atoms. The second-order valence-corrected chi connectivity index (χ2v) is 6.81. The number of nitrogens with one attached hydrogen (secondary N) is 2. The third-order valence-corrected chi connectivity index (χ3v) is 4.93. The molecule has 1 aliphatic heterocycles. The normalized spacial score (nSPS) is 21.1. The standard InChI is InChI=1S/C19H25FN4O2/c1-2-18(25)23-10-14-8-13(20)11-24(14)19(26)16(21)7-12-9-22-17-6-4-3-5-15(12)17/h3-6,9,13-14,16,22H,2,7-8,10-11,21H2,1H3,(H,23,25)/t13-,14-,16+/m0/s1. The lowest BCUT2D eigenvalue weighted by molar-refractivity contribution is -0.134. The first-order chi connectivity index (χ1) is 12.5. The van der Waals surface area contributed by atoms with Gasteiger partial charge in [0, 0.05) is 36.5 Å². The van der Waals surface area contributed by atoms with Crippen LogP contribution in [0.5, 0.6) is 0 Å². The Bertz CT molecular complexity index is 791. The lowest BCUT2D eigenvalue weighted by atomic mass is 10.0. The van der Waals surface area contributed by atoms with Crippen molar-refractivity contribution in [1.29, 1.82) is 0 Å². The number of nitrogens with two attached hydrogens (primary N) is 1. The fourth-order valence-corrected chi connectivity index (χ4v) is 3.52. The number of halogens is 1. The summed E-state index contributed by atoms with van der Waals surface area (Å²) in [4.78, 5) is 28.9. The first kappa shape index (κ1) is 18.4. The highest BCUT2D eigenvalue weighted by Crippen LogP contribution is 2.23. The fraction of sp³-hybridized carbons (Fsp3) is 0.474. The van der Waals surface area contributed by atoms with E-state index in [1.165, 1.54) is 4.90 Å². The molecule has 4 N–H and O–H groups in total. The van der Waals surface area contributed by atoms with Crippen molar-refractivity contribution >= 4 is 22.7 Å². The SMILES string of the molecule is CCC(=O)NC[C@@H]1C[C@H](F)CN1C(=O)[C@H](N)Cc1c[nH]c2ccccc12. The third-order valence-electron chi connectivity index (χ3n) is 4.93. The van der Waals surface area contributed by atoms with E-state index in [2.05, 4.69) is 10.3 Å². The van der Waals surface area contributed by atoms with Crippen molar-refractivity contribution in [3.8, 4) is 0 Å². The van der Waals surface area contributed by atoms with Crippen LogP contribution in [-0.4, -0.2) is 53.0 Å². The number of carbonyl (C=O) groups excluding carboxylic acids is 2. The third kappa shape index (κ3) is 3.88. The van der Waals surface area contributed by atoms with Gasteiger partial charge in [0.2, 0.25) is 11.8 Å². The van der Waals surface area contributed by atoms with Gasteiger partial charge in [-0.15, -0.1) is 0 Å². The Hall–Kier alpha value is -2.41. The molecule has 1 aromatic carbocycles. The van der Waals surface area contributed by atoms with Crippen LogP contribution in [0.1, 0.15) is 25.3 Å². The molecular weight excluding hydrogens is 335 g/mol. The van der Waals surface area contributed by atoms with Gasteiger partial charge in [-0.25, -0.2) is 4.39 Å². The van der Waals surface area contributed by atoms with E-state index >= 15 is 0 Å². The Morgan fingerprint density at radius 2 is 2.19 bits per heavy atom. The van der Waals surface area contributed by atoms with Crippen LogP contribution >= 0.6 is 0 Å². The first-order valence-corrected chi connectivity index (χ1v) is 9.01. The number of hydrogen-bond acceptors (Lipinski definition) is 3. The van der Waals surface area contributed by atoms with Crippen molar-refractivity contribution in [2.75, 3.05) is 13.1 Å². The number of benzene rings is 1. The Morgan fingerprint density at radius 1 is 1.42 bits per heavy atom. The second kappa shape index (κ2) is 7.86. The van der Waals surface area contributed by atoms with Gasteiger partial charge in [0.1, 0.15) is 6.17 Å². The number of hydrogen-bond donors (Lipinski definition) is 3. The fourth-order valence-electron chi connectivity index (χ4n) is 3.52. The van der Waals surface area contributed by atoms with E-state index in [1.54, 1.807) is 6.92 Å². The minimum atomic E-state index is -1.08.